The second kappa shape index (κ2) is 6.96. The van der Waals surface area contributed by atoms with Crippen molar-refractivity contribution in [2.75, 3.05) is 5.32 Å². The van der Waals surface area contributed by atoms with Crippen LogP contribution in [0.15, 0.2) is 30.0 Å². The van der Waals surface area contributed by atoms with Gasteiger partial charge in [0.05, 0.1) is 11.7 Å². The van der Waals surface area contributed by atoms with Crippen LogP contribution in [0.3, 0.4) is 0 Å². The standard InChI is InChI=1S/C18H21NO6/c1-10(2)23-15-7-6-12(8-13(15)11(3)20)19-9-14-16(21)24-18(4,5)25-17(14)22/h6-10,19H,1-5H3. The van der Waals surface area contributed by atoms with Crippen molar-refractivity contribution in [1.29, 1.82) is 0 Å². The highest BCUT2D eigenvalue weighted by molar-refractivity contribution is 6.15. The molecule has 1 aliphatic heterocycles. The molecule has 1 fully saturated rings. The van der Waals surface area contributed by atoms with Gasteiger partial charge in [-0.05, 0) is 39.0 Å². The zero-order chi connectivity index (χ0) is 18.8. The second-order valence-electron chi connectivity index (χ2n) is 6.31. The minimum absolute atomic E-state index is 0.0749. The molecule has 1 saturated heterocycles. The first-order valence-corrected chi connectivity index (χ1v) is 7.84. The molecule has 0 spiro atoms. The largest absolute Gasteiger partial charge is 0.490 e. The van der Waals surface area contributed by atoms with E-state index in [0.29, 0.717) is 17.0 Å². The van der Waals surface area contributed by atoms with Crippen molar-refractivity contribution in [3.8, 4) is 5.75 Å². The molecule has 134 valence electrons. The van der Waals surface area contributed by atoms with E-state index >= 15 is 0 Å². The molecule has 1 heterocycles. The van der Waals surface area contributed by atoms with Crippen LogP contribution >= 0.6 is 0 Å². The third-order valence-corrected chi connectivity index (χ3v) is 3.22. The number of Topliss-reactive ketones (excluding diaryl/α,β-unsaturated/α-hetero) is 1. The molecule has 1 aromatic carbocycles. The molecule has 1 aliphatic rings. The van der Waals surface area contributed by atoms with Gasteiger partial charge in [-0.25, -0.2) is 9.59 Å². The van der Waals surface area contributed by atoms with E-state index in [9.17, 15) is 14.4 Å². The van der Waals surface area contributed by atoms with E-state index in [1.165, 1.54) is 27.0 Å². The quantitative estimate of drug-likeness (QED) is 0.379. The average molecular weight is 347 g/mol. The molecule has 7 nitrogen and oxygen atoms in total. The molecule has 2 rings (SSSR count). The van der Waals surface area contributed by atoms with Crippen molar-refractivity contribution in [1.82, 2.24) is 0 Å². The second-order valence-corrected chi connectivity index (χ2v) is 6.31. The molecule has 0 unspecified atom stereocenters. The maximum absolute atomic E-state index is 11.9. The summed E-state index contributed by atoms with van der Waals surface area (Å²) < 4.78 is 15.6. The topological polar surface area (TPSA) is 90.9 Å². The number of hydrogen-bond donors (Lipinski definition) is 1. The van der Waals surface area contributed by atoms with Crippen LogP contribution < -0.4 is 10.1 Å². The Balaban J connectivity index is 2.23. The molecule has 0 amide bonds. The van der Waals surface area contributed by atoms with E-state index in [-0.39, 0.29) is 17.5 Å². The van der Waals surface area contributed by atoms with Gasteiger partial charge in [0, 0.05) is 25.7 Å². The van der Waals surface area contributed by atoms with Crippen LogP contribution in [0.5, 0.6) is 5.75 Å². The van der Waals surface area contributed by atoms with Crippen LogP contribution in [0.2, 0.25) is 0 Å². The van der Waals surface area contributed by atoms with E-state index in [1.807, 2.05) is 13.8 Å². The SMILES string of the molecule is CC(=O)c1cc(NC=C2C(=O)OC(C)(C)OC2=O)ccc1OC(C)C. The number of nitrogens with one attached hydrogen (secondary N) is 1. The Morgan fingerprint density at radius 1 is 1.20 bits per heavy atom. The number of anilines is 1. The molecule has 25 heavy (non-hydrogen) atoms. The van der Waals surface area contributed by atoms with Crippen LogP contribution in [0.25, 0.3) is 0 Å². The molecule has 1 N–H and O–H groups in total. The van der Waals surface area contributed by atoms with Gasteiger partial charge in [0.25, 0.3) is 5.79 Å². The third kappa shape index (κ3) is 4.59. The van der Waals surface area contributed by atoms with Crippen molar-refractivity contribution in [2.45, 2.75) is 46.5 Å². The lowest BCUT2D eigenvalue weighted by Crippen LogP contribution is -2.42. The summed E-state index contributed by atoms with van der Waals surface area (Å²) >= 11 is 0. The van der Waals surface area contributed by atoms with Crippen molar-refractivity contribution in [3.05, 3.63) is 35.5 Å². The van der Waals surface area contributed by atoms with Crippen molar-refractivity contribution >= 4 is 23.4 Å². The van der Waals surface area contributed by atoms with Crippen LogP contribution in [-0.4, -0.2) is 29.6 Å². The van der Waals surface area contributed by atoms with Crippen LogP contribution in [0.1, 0.15) is 45.0 Å². The predicted molar refractivity (Wildman–Crippen MR) is 90.2 cm³/mol. The fraction of sp³-hybridized carbons (Fsp3) is 0.389. The summed E-state index contributed by atoms with van der Waals surface area (Å²) in [6.45, 7) is 8.10. The first-order valence-electron chi connectivity index (χ1n) is 7.84. The maximum Gasteiger partial charge on any atom is 0.350 e. The smallest absolute Gasteiger partial charge is 0.350 e. The summed E-state index contributed by atoms with van der Waals surface area (Å²) in [5, 5.41) is 2.81. The normalized spacial score (nSPS) is 16.2. The van der Waals surface area contributed by atoms with Crippen molar-refractivity contribution < 1.29 is 28.6 Å². The van der Waals surface area contributed by atoms with Gasteiger partial charge in [0.15, 0.2) is 11.4 Å². The Kier molecular flexibility index (Phi) is 5.15. The Morgan fingerprint density at radius 3 is 2.32 bits per heavy atom. The summed E-state index contributed by atoms with van der Waals surface area (Å²) in [4.78, 5) is 35.6. The number of rotatable bonds is 5. The third-order valence-electron chi connectivity index (χ3n) is 3.22. The van der Waals surface area contributed by atoms with Gasteiger partial charge in [-0.3, -0.25) is 4.79 Å². The summed E-state index contributed by atoms with van der Waals surface area (Å²) in [5.41, 5.74) is 0.650. The van der Waals surface area contributed by atoms with Gasteiger partial charge in [-0.15, -0.1) is 0 Å². The summed E-state index contributed by atoms with van der Waals surface area (Å²) in [6.07, 6.45) is 1.12. The lowest BCUT2D eigenvalue weighted by Gasteiger charge is -2.29. The minimum Gasteiger partial charge on any atom is -0.490 e. The van der Waals surface area contributed by atoms with Crippen molar-refractivity contribution in [3.63, 3.8) is 0 Å². The highest BCUT2D eigenvalue weighted by atomic mass is 16.7. The highest BCUT2D eigenvalue weighted by Gasteiger charge is 2.38. The van der Waals surface area contributed by atoms with Gasteiger partial charge >= 0.3 is 11.9 Å². The minimum atomic E-state index is -1.29. The van der Waals surface area contributed by atoms with Gasteiger partial charge in [0.2, 0.25) is 0 Å². The molecule has 0 saturated carbocycles. The van der Waals surface area contributed by atoms with E-state index in [4.69, 9.17) is 14.2 Å². The maximum atomic E-state index is 11.9. The summed E-state index contributed by atoms with van der Waals surface area (Å²) in [5.74, 6) is -2.53. The average Bonchev–Trinajstić information content (AvgIpc) is 2.45. The fourth-order valence-corrected chi connectivity index (χ4v) is 2.19. The highest BCUT2D eigenvalue weighted by Crippen LogP contribution is 2.26. The monoisotopic (exact) mass is 347 g/mol. The van der Waals surface area contributed by atoms with Crippen molar-refractivity contribution in [2.24, 2.45) is 0 Å². The van der Waals surface area contributed by atoms with E-state index < -0.39 is 17.7 Å². The zero-order valence-electron chi connectivity index (χ0n) is 14.8. The van der Waals surface area contributed by atoms with E-state index in [0.717, 1.165) is 0 Å². The number of hydrogen-bond acceptors (Lipinski definition) is 7. The molecule has 0 atom stereocenters. The summed E-state index contributed by atoms with van der Waals surface area (Å²) in [6, 6.07) is 4.91. The predicted octanol–water partition coefficient (Wildman–Crippen LogP) is 2.81. The molecule has 0 bridgehead atoms. The Hall–Kier alpha value is -2.83. The van der Waals surface area contributed by atoms with E-state index in [1.54, 1.807) is 18.2 Å². The number of carbonyl (C=O) groups is 3. The first kappa shape index (κ1) is 18.5. The molecule has 0 aliphatic carbocycles. The van der Waals surface area contributed by atoms with Crippen LogP contribution in [-0.2, 0) is 19.1 Å². The number of ketones is 1. The Morgan fingerprint density at radius 2 is 1.80 bits per heavy atom. The van der Waals surface area contributed by atoms with Gasteiger partial charge in [0.1, 0.15) is 5.75 Å². The number of carbonyl (C=O) groups excluding carboxylic acids is 3. The number of esters is 2. The van der Waals surface area contributed by atoms with Gasteiger partial charge in [-0.1, -0.05) is 0 Å². The lowest BCUT2D eigenvalue weighted by molar-refractivity contribution is -0.222. The number of benzene rings is 1. The molecule has 1 aromatic rings. The fourth-order valence-electron chi connectivity index (χ4n) is 2.19. The number of ether oxygens (including phenoxy) is 3. The zero-order valence-corrected chi connectivity index (χ0v) is 14.8. The Labute approximate surface area is 145 Å². The van der Waals surface area contributed by atoms with E-state index in [2.05, 4.69) is 5.32 Å². The van der Waals surface area contributed by atoms with Gasteiger partial charge in [-0.2, -0.15) is 0 Å². The molecular formula is C18H21NO6. The molecular weight excluding hydrogens is 326 g/mol. The van der Waals surface area contributed by atoms with Crippen LogP contribution in [0.4, 0.5) is 5.69 Å². The van der Waals surface area contributed by atoms with Gasteiger partial charge < -0.3 is 19.5 Å². The lowest BCUT2D eigenvalue weighted by atomic mass is 10.1. The molecule has 7 heteroatoms. The first-order chi connectivity index (χ1) is 11.6. The summed E-state index contributed by atoms with van der Waals surface area (Å²) in [7, 11) is 0. The number of cyclic esters (lactones) is 2. The Bertz CT molecular complexity index is 726. The molecule has 0 aromatic heterocycles. The van der Waals surface area contributed by atoms with Crippen LogP contribution in [0, 0.1) is 0 Å². The molecule has 0 radical (unpaired) electrons.